The molecule has 51 heavy (non-hydrogen) atoms. The van der Waals surface area contributed by atoms with Crippen LogP contribution in [0, 0.1) is 0 Å². The molecule has 4 aromatic rings. The number of hydrogen-bond donors (Lipinski definition) is 3. The fraction of sp³-hybridized carbons (Fsp3) is 0.378. The van der Waals surface area contributed by atoms with E-state index < -0.39 is 7.14 Å². The van der Waals surface area contributed by atoms with Crippen LogP contribution in [0.4, 0.5) is 34.5 Å². The van der Waals surface area contributed by atoms with Crippen molar-refractivity contribution in [2.45, 2.75) is 18.9 Å². The average molecular weight is 733 g/mol. The molecule has 2 saturated heterocycles. The van der Waals surface area contributed by atoms with Crippen molar-refractivity contribution < 1.29 is 18.8 Å². The Morgan fingerprint density at radius 1 is 0.882 bits per heavy atom. The molecule has 3 N–H and O–H groups in total. The maximum Gasteiger partial charge on any atom is 0.255 e. The van der Waals surface area contributed by atoms with Gasteiger partial charge in [-0.15, -0.1) is 0 Å². The van der Waals surface area contributed by atoms with Gasteiger partial charge in [0.2, 0.25) is 5.95 Å². The number of ether oxygens (including phenoxy) is 2. The van der Waals surface area contributed by atoms with Crippen LogP contribution in [0.2, 0.25) is 5.02 Å². The molecule has 0 aliphatic carbocycles. The molecule has 0 atom stereocenters. The van der Waals surface area contributed by atoms with Gasteiger partial charge in [-0.05, 0) is 69.6 Å². The van der Waals surface area contributed by atoms with Gasteiger partial charge in [0.1, 0.15) is 23.7 Å². The number of carbonyl (C=O) groups is 1. The van der Waals surface area contributed by atoms with Gasteiger partial charge in [-0.25, -0.2) is 4.98 Å². The molecular weight excluding hydrogens is 687 g/mol. The monoisotopic (exact) mass is 732 g/mol. The highest BCUT2D eigenvalue weighted by Gasteiger charge is 2.29. The van der Waals surface area contributed by atoms with Crippen molar-refractivity contribution in [2.24, 2.45) is 0 Å². The van der Waals surface area contributed by atoms with Gasteiger partial charge in [-0.2, -0.15) is 4.98 Å². The van der Waals surface area contributed by atoms with Gasteiger partial charge in [0.15, 0.2) is 5.82 Å². The van der Waals surface area contributed by atoms with Gasteiger partial charge in [0.25, 0.3) is 5.91 Å². The number of aromatic nitrogens is 2. The molecule has 2 aliphatic rings. The highest BCUT2D eigenvalue weighted by Crippen LogP contribution is 2.41. The van der Waals surface area contributed by atoms with Crippen molar-refractivity contribution in [1.29, 1.82) is 0 Å². The van der Waals surface area contributed by atoms with E-state index >= 15 is 0 Å². The summed E-state index contributed by atoms with van der Waals surface area (Å²) in [6, 6.07) is 18.8. The van der Waals surface area contributed by atoms with Crippen LogP contribution < -0.4 is 35.6 Å². The Hall–Kier alpha value is -4.35. The molecule has 6 rings (SSSR count). The molecule has 0 radical (unpaired) electrons. The van der Waals surface area contributed by atoms with E-state index in [9.17, 15) is 9.36 Å². The molecule has 1 amide bonds. The number of methoxy groups -OCH3 is 2. The zero-order chi connectivity index (χ0) is 36.1. The Balaban J connectivity index is 1.30. The molecule has 0 bridgehead atoms. The summed E-state index contributed by atoms with van der Waals surface area (Å²) in [5.41, 5.74) is 3.16. The van der Waals surface area contributed by atoms with Crippen molar-refractivity contribution in [3.8, 4) is 11.5 Å². The normalized spacial score (nSPS) is 16.1. The lowest BCUT2D eigenvalue weighted by Crippen LogP contribution is -2.52. The first-order valence-electron chi connectivity index (χ1n) is 17.1. The number of nitrogens with zero attached hydrogens (tertiary/aromatic N) is 5. The third kappa shape index (κ3) is 8.76. The Bertz CT molecular complexity index is 1910. The zero-order valence-electron chi connectivity index (χ0n) is 29.8. The second-order valence-corrected chi connectivity index (χ2v) is 16.9. The van der Waals surface area contributed by atoms with Crippen LogP contribution in [0.3, 0.4) is 0 Å². The predicted octanol–water partition coefficient (Wildman–Crippen LogP) is 6.35. The minimum atomic E-state index is -2.59. The molecule has 0 spiro atoms. The summed E-state index contributed by atoms with van der Waals surface area (Å²) in [6.07, 6.45) is 3.55. The number of piperazine rings is 1. The number of likely N-dealkylation sites (N-methyl/N-ethyl adjacent to an activating group) is 1. The zero-order valence-corrected chi connectivity index (χ0v) is 31.4. The lowest BCUT2D eigenvalue weighted by Gasteiger charge is -2.43. The topological polar surface area (TPSA) is 124 Å². The molecule has 0 saturated carbocycles. The van der Waals surface area contributed by atoms with Crippen molar-refractivity contribution in [3.05, 3.63) is 77.4 Å². The summed E-state index contributed by atoms with van der Waals surface area (Å²) in [4.78, 5) is 30.1. The van der Waals surface area contributed by atoms with Gasteiger partial charge in [0.05, 0.1) is 43.2 Å². The standard InChI is InChI=1S/C37H46ClN8O4P/c1-44-17-19-45(20-18-44)26-13-15-46(16-14-26)32-23-33(50-3)31(22-30(32)41-36(47)25-9-8-10-27(21-25)49-2)42-37-39-24-28(38)35(43-37)40-29-11-6-7-12-34(29)51(4,5)48/h6-12,21-24,26H,13-20H2,1-5H3,(H,41,47)(H2,39,40,42,43). The van der Waals surface area contributed by atoms with Gasteiger partial charge in [-0.3, -0.25) is 9.69 Å². The summed E-state index contributed by atoms with van der Waals surface area (Å²) >= 11 is 6.53. The van der Waals surface area contributed by atoms with Gasteiger partial charge >= 0.3 is 0 Å². The second kappa shape index (κ2) is 15.9. The second-order valence-electron chi connectivity index (χ2n) is 13.3. The average Bonchev–Trinajstić information content (AvgIpc) is 3.13. The van der Waals surface area contributed by atoms with Gasteiger partial charge in [0, 0.05) is 62.2 Å². The van der Waals surface area contributed by atoms with E-state index in [1.807, 2.05) is 36.4 Å². The summed E-state index contributed by atoms with van der Waals surface area (Å²) in [7, 11) is 2.78. The highest BCUT2D eigenvalue weighted by atomic mass is 35.5. The number of amides is 1. The molecule has 3 heterocycles. The third-order valence-electron chi connectivity index (χ3n) is 9.49. The van der Waals surface area contributed by atoms with Crippen LogP contribution in [0.5, 0.6) is 11.5 Å². The number of benzene rings is 3. The molecule has 14 heteroatoms. The van der Waals surface area contributed by atoms with Crippen LogP contribution in [0.25, 0.3) is 0 Å². The Kier molecular flexibility index (Phi) is 11.4. The molecular formula is C37H46ClN8O4P. The molecule has 1 aromatic heterocycles. The first kappa shape index (κ1) is 36.4. The number of halogens is 1. The van der Waals surface area contributed by atoms with Crippen molar-refractivity contribution in [3.63, 3.8) is 0 Å². The van der Waals surface area contributed by atoms with Gasteiger partial charge in [-0.1, -0.05) is 29.8 Å². The van der Waals surface area contributed by atoms with E-state index in [0.717, 1.165) is 57.8 Å². The minimum absolute atomic E-state index is 0.250. The van der Waals surface area contributed by atoms with Crippen LogP contribution in [0.1, 0.15) is 23.2 Å². The number of para-hydroxylation sites is 1. The van der Waals surface area contributed by atoms with Crippen molar-refractivity contribution >= 4 is 64.5 Å². The Morgan fingerprint density at radius 3 is 2.33 bits per heavy atom. The first-order chi connectivity index (χ1) is 24.5. The number of nitrogens with one attached hydrogen (secondary N) is 3. The van der Waals surface area contributed by atoms with Crippen LogP contribution in [-0.4, -0.2) is 106 Å². The van der Waals surface area contributed by atoms with Crippen LogP contribution in [0.15, 0.2) is 66.9 Å². The quantitative estimate of drug-likeness (QED) is 0.150. The van der Waals surface area contributed by atoms with Crippen LogP contribution in [-0.2, 0) is 4.57 Å². The smallest absolute Gasteiger partial charge is 0.255 e. The Morgan fingerprint density at radius 2 is 1.63 bits per heavy atom. The van der Waals surface area contributed by atoms with Crippen molar-refractivity contribution in [1.82, 2.24) is 19.8 Å². The minimum Gasteiger partial charge on any atom is -0.497 e. The van der Waals surface area contributed by atoms with E-state index in [2.05, 4.69) is 47.7 Å². The first-order valence-corrected chi connectivity index (χ1v) is 20.1. The molecule has 3 aromatic carbocycles. The lowest BCUT2D eigenvalue weighted by atomic mass is 10.0. The molecule has 2 aliphatic heterocycles. The molecule has 2 fully saturated rings. The fourth-order valence-electron chi connectivity index (χ4n) is 6.63. The molecule has 12 nitrogen and oxygen atoms in total. The third-order valence-corrected chi connectivity index (χ3v) is 11.3. The highest BCUT2D eigenvalue weighted by molar-refractivity contribution is 7.70. The SMILES string of the molecule is COc1cccc(C(=O)Nc2cc(Nc3ncc(Cl)c(Nc4ccccc4P(C)(C)=O)n3)c(OC)cc2N2CCC(N3CCN(C)CC3)CC2)c1. The van der Waals surface area contributed by atoms with E-state index in [4.69, 9.17) is 21.1 Å². The lowest BCUT2D eigenvalue weighted by molar-refractivity contribution is 0.0981. The maximum atomic E-state index is 13.7. The summed E-state index contributed by atoms with van der Waals surface area (Å²) in [5.74, 6) is 1.48. The van der Waals surface area contributed by atoms with Gasteiger partial charge < -0.3 is 39.8 Å². The number of piperidine rings is 1. The van der Waals surface area contributed by atoms with E-state index in [-0.39, 0.29) is 11.9 Å². The number of carbonyl (C=O) groups excluding carboxylic acids is 1. The number of rotatable bonds is 11. The summed E-state index contributed by atoms with van der Waals surface area (Å²) < 4.78 is 24.3. The van der Waals surface area contributed by atoms with Crippen LogP contribution >= 0.6 is 18.7 Å². The number of hydrogen-bond acceptors (Lipinski definition) is 11. The predicted molar refractivity (Wildman–Crippen MR) is 207 cm³/mol. The summed E-state index contributed by atoms with van der Waals surface area (Å²) in [5, 5.41) is 10.7. The summed E-state index contributed by atoms with van der Waals surface area (Å²) in [6.45, 7) is 9.49. The largest absolute Gasteiger partial charge is 0.497 e. The Labute approximate surface area is 304 Å². The molecule has 270 valence electrons. The van der Waals surface area contributed by atoms with Crippen molar-refractivity contribution in [2.75, 3.05) is 94.7 Å². The maximum absolute atomic E-state index is 13.7. The van der Waals surface area contributed by atoms with E-state index in [1.165, 1.54) is 6.20 Å². The fourth-order valence-corrected chi connectivity index (χ4v) is 7.92. The number of anilines is 6. The van der Waals surface area contributed by atoms with E-state index in [1.54, 1.807) is 51.8 Å². The molecule has 0 unspecified atom stereocenters. The van der Waals surface area contributed by atoms with E-state index in [0.29, 0.717) is 56.3 Å².